The molecule has 0 radical (unpaired) electrons. The van der Waals surface area contributed by atoms with Gasteiger partial charge < -0.3 is 11.1 Å². The lowest BCUT2D eigenvalue weighted by Crippen LogP contribution is -2.06. The largest absolute Gasteiger partial charge is 0.398 e. The van der Waals surface area contributed by atoms with Crippen LogP contribution in [0.25, 0.3) is 21.9 Å². The van der Waals surface area contributed by atoms with Crippen LogP contribution in [-0.2, 0) is 47.0 Å². The zero-order valence-corrected chi connectivity index (χ0v) is 30.8. The molecular formula is C32H28N6O12S4. The normalized spacial score (nSPS) is 12.9. The second-order valence-electron chi connectivity index (χ2n) is 11.4. The Hall–Kier alpha value is -5.33. The highest BCUT2D eigenvalue weighted by Gasteiger charge is 2.24. The Kier molecular flexibility index (Phi) is 10.9. The molecule has 0 heterocycles. The van der Waals surface area contributed by atoms with Gasteiger partial charge in [-0.2, -0.15) is 49.0 Å². The minimum Gasteiger partial charge on any atom is -0.398 e. The molecule has 0 aliphatic rings. The molecule has 0 fully saturated rings. The van der Waals surface area contributed by atoms with Crippen LogP contribution in [0.2, 0.25) is 0 Å². The van der Waals surface area contributed by atoms with Crippen molar-refractivity contribution in [3.63, 3.8) is 0 Å². The van der Waals surface area contributed by atoms with E-state index in [0.29, 0.717) is 10.9 Å². The Morgan fingerprint density at radius 3 is 1.69 bits per heavy atom. The number of rotatable bonds is 12. The summed E-state index contributed by atoms with van der Waals surface area (Å²) in [6.45, 7) is 1.38. The van der Waals surface area contributed by atoms with Crippen LogP contribution in [0.15, 0.2) is 125 Å². The van der Waals surface area contributed by atoms with Gasteiger partial charge in [0, 0.05) is 38.9 Å². The SMILES string of the molecule is CCC(=N)c1ccc(S(=O)(=O)O)cc1CN=Nc1ccc(-c2ccc(N=Nc3ccc(N)c4ccc(S(=O)(=O)O)cc34)cc2S(=O)(=O)O)c(S(=O)(=O)O)c1. The number of benzene rings is 5. The molecule has 0 aliphatic carbocycles. The molecule has 54 heavy (non-hydrogen) atoms. The molecule has 0 bridgehead atoms. The topological polar surface area (TPSA) is 317 Å². The van der Waals surface area contributed by atoms with Crippen molar-refractivity contribution in [2.24, 2.45) is 20.5 Å². The van der Waals surface area contributed by atoms with Crippen molar-refractivity contribution < 1.29 is 51.9 Å². The number of hydrogen-bond acceptors (Lipinski definition) is 14. The van der Waals surface area contributed by atoms with Gasteiger partial charge in [-0.1, -0.05) is 31.2 Å². The van der Waals surface area contributed by atoms with Crippen molar-refractivity contribution in [3.05, 3.63) is 96.1 Å². The monoisotopic (exact) mass is 816 g/mol. The van der Waals surface area contributed by atoms with Crippen LogP contribution in [0.5, 0.6) is 0 Å². The maximum Gasteiger partial charge on any atom is 0.295 e. The molecular weight excluding hydrogens is 789 g/mol. The van der Waals surface area contributed by atoms with Crippen molar-refractivity contribution >= 4 is 79.7 Å². The van der Waals surface area contributed by atoms with Gasteiger partial charge in [-0.3, -0.25) is 18.2 Å². The molecule has 0 aliphatic heterocycles. The predicted molar refractivity (Wildman–Crippen MR) is 195 cm³/mol. The zero-order valence-electron chi connectivity index (χ0n) is 27.6. The first-order valence-electron chi connectivity index (χ1n) is 15.1. The van der Waals surface area contributed by atoms with E-state index in [0.717, 1.165) is 48.5 Å². The number of nitrogens with two attached hydrogens (primary N) is 1. The summed E-state index contributed by atoms with van der Waals surface area (Å²) < 4.78 is 136. The minimum absolute atomic E-state index is 0.0617. The van der Waals surface area contributed by atoms with E-state index in [4.69, 9.17) is 11.1 Å². The summed E-state index contributed by atoms with van der Waals surface area (Å²) in [5.41, 5.74) is 5.87. The highest BCUT2D eigenvalue weighted by atomic mass is 32.2. The lowest BCUT2D eigenvalue weighted by molar-refractivity contribution is 0.480. The summed E-state index contributed by atoms with van der Waals surface area (Å²) in [6, 6.07) is 16.3. The Bertz CT molecular complexity index is 2880. The van der Waals surface area contributed by atoms with Crippen LogP contribution in [-0.4, -0.2) is 57.6 Å². The summed E-state index contributed by atoms with van der Waals surface area (Å²) >= 11 is 0. The summed E-state index contributed by atoms with van der Waals surface area (Å²) in [5.74, 6) is 0. The van der Waals surface area contributed by atoms with E-state index in [9.17, 15) is 51.9 Å². The van der Waals surface area contributed by atoms with Gasteiger partial charge in [-0.15, -0.1) is 5.11 Å². The first kappa shape index (κ1) is 39.9. The third kappa shape index (κ3) is 8.88. The van der Waals surface area contributed by atoms with Gasteiger partial charge >= 0.3 is 0 Å². The molecule has 0 atom stereocenters. The maximum absolute atomic E-state index is 12.6. The smallest absolute Gasteiger partial charge is 0.295 e. The van der Waals surface area contributed by atoms with Gasteiger partial charge in [-0.05, 0) is 72.6 Å². The fourth-order valence-electron chi connectivity index (χ4n) is 5.25. The number of hydrogen-bond donors (Lipinski definition) is 6. The molecule has 0 saturated carbocycles. The van der Waals surface area contributed by atoms with Gasteiger partial charge in [0.15, 0.2) is 0 Å². The fraction of sp³-hybridized carbons (Fsp3) is 0.0938. The standard InChI is InChI=1S/C32H28N6O12S4/c1-2-28(33)23-9-5-21(51(39,40)41)13-18(23)17-35-36-19-3-7-25(31(14-19)53(45,46)47)26-8-4-20(15-32(26)54(48,49)50)37-38-30-12-11-29(34)24-10-6-22(16-27(24)30)52(42,43)44/h3-16,33H,2,17,34H2,1H3,(H,39,40,41)(H,42,43,44)(H,45,46,47)(H,48,49,50). The van der Waals surface area contributed by atoms with E-state index in [2.05, 4.69) is 20.5 Å². The van der Waals surface area contributed by atoms with Crippen LogP contribution in [0.4, 0.5) is 22.7 Å². The third-order valence-corrected chi connectivity index (χ3v) is 11.3. The van der Waals surface area contributed by atoms with Crippen molar-refractivity contribution in [2.75, 3.05) is 5.73 Å². The van der Waals surface area contributed by atoms with Gasteiger partial charge in [-0.25, -0.2) is 0 Å². The number of nitrogen functional groups attached to an aromatic ring is 1. The molecule has 0 amide bonds. The first-order valence-corrected chi connectivity index (χ1v) is 20.8. The summed E-state index contributed by atoms with van der Waals surface area (Å²) in [6.07, 6.45) is 0.282. The molecule has 5 aromatic rings. The molecule has 7 N–H and O–H groups in total. The van der Waals surface area contributed by atoms with Gasteiger partial charge in [0.05, 0.1) is 33.4 Å². The average Bonchev–Trinajstić information content (AvgIpc) is 3.09. The molecule has 282 valence electrons. The molecule has 22 heteroatoms. The lowest BCUT2D eigenvalue weighted by Gasteiger charge is -2.12. The average molecular weight is 817 g/mol. The first-order chi connectivity index (χ1) is 25.1. The number of nitrogens with zero attached hydrogens (tertiary/aromatic N) is 4. The van der Waals surface area contributed by atoms with Gasteiger partial charge in [0.1, 0.15) is 9.79 Å². The van der Waals surface area contributed by atoms with Crippen LogP contribution >= 0.6 is 0 Å². The van der Waals surface area contributed by atoms with Gasteiger partial charge in [0.2, 0.25) is 0 Å². The molecule has 0 aromatic heterocycles. The molecule has 0 spiro atoms. The van der Waals surface area contributed by atoms with Crippen LogP contribution < -0.4 is 5.73 Å². The fourth-order valence-corrected chi connectivity index (χ4v) is 7.74. The van der Waals surface area contributed by atoms with E-state index in [1.807, 2.05) is 0 Å². The zero-order chi connectivity index (χ0) is 39.8. The molecule has 0 saturated heterocycles. The Morgan fingerprint density at radius 2 is 1.15 bits per heavy atom. The minimum atomic E-state index is -5.10. The summed E-state index contributed by atoms with van der Waals surface area (Å²) in [5, 5.41) is 24.6. The Balaban J connectivity index is 1.54. The number of azo groups is 2. The van der Waals surface area contributed by atoms with Gasteiger partial charge in [0.25, 0.3) is 40.5 Å². The molecule has 0 unspecified atom stereocenters. The highest BCUT2D eigenvalue weighted by molar-refractivity contribution is 7.86. The van der Waals surface area contributed by atoms with E-state index in [1.165, 1.54) is 36.4 Å². The Labute approximate surface area is 308 Å². The maximum atomic E-state index is 12.6. The van der Waals surface area contributed by atoms with Crippen molar-refractivity contribution in [2.45, 2.75) is 39.5 Å². The highest BCUT2D eigenvalue weighted by Crippen LogP contribution is 2.38. The van der Waals surface area contributed by atoms with Crippen molar-refractivity contribution in [1.29, 1.82) is 5.41 Å². The van der Waals surface area contributed by atoms with Crippen molar-refractivity contribution in [1.82, 2.24) is 0 Å². The number of fused-ring (bicyclic) bond motifs is 1. The van der Waals surface area contributed by atoms with Crippen LogP contribution in [0.1, 0.15) is 24.5 Å². The predicted octanol–water partition coefficient (Wildman–Crippen LogP) is 6.55. The third-order valence-electron chi connectivity index (χ3n) is 7.83. The molecule has 5 aromatic carbocycles. The summed E-state index contributed by atoms with van der Waals surface area (Å²) in [4.78, 5) is -2.57. The Morgan fingerprint density at radius 1 is 0.611 bits per heavy atom. The second kappa shape index (κ2) is 14.8. The van der Waals surface area contributed by atoms with E-state index in [1.54, 1.807) is 6.92 Å². The van der Waals surface area contributed by atoms with E-state index < -0.39 is 60.1 Å². The van der Waals surface area contributed by atoms with Crippen molar-refractivity contribution in [3.8, 4) is 11.1 Å². The van der Waals surface area contributed by atoms with E-state index in [-0.39, 0.29) is 63.5 Å². The molecule has 5 rings (SSSR count). The quantitative estimate of drug-likeness (QED) is 0.0337. The lowest BCUT2D eigenvalue weighted by atomic mass is 10.0. The van der Waals surface area contributed by atoms with Crippen LogP contribution in [0.3, 0.4) is 0 Å². The molecule has 18 nitrogen and oxygen atoms in total. The second-order valence-corrected chi connectivity index (χ2v) is 17.0. The summed E-state index contributed by atoms with van der Waals surface area (Å²) in [7, 11) is -19.4. The number of anilines is 1. The van der Waals surface area contributed by atoms with Crippen LogP contribution in [0, 0.1) is 5.41 Å². The number of nitrogens with one attached hydrogen (secondary N) is 1. The van der Waals surface area contributed by atoms with E-state index >= 15 is 0 Å².